The van der Waals surface area contributed by atoms with Crippen LogP contribution in [0, 0.1) is 5.92 Å². The Labute approximate surface area is 122 Å². The molecule has 4 heteroatoms. The highest BCUT2D eigenvalue weighted by molar-refractivity contribution is 6.63. The molecular formula is C16H25BO3. The second-order valence-electron chi connectivity index (χ2n) is 7.08. The van der Waals surface area contributed by atoms with Gasteiger partial charge in [-0.05, 0) is 51.7 Å². The first-order valence-electron chi connectivity index (χ1n) is 7.30. The highest BCUT2D eigenvalue weighted by Gasteiger charge is 2.52. The molecule has 1 aliphatic heterocycles. The van der Waals surface area contributed by atoms with Crippen LogP contribution < -0.4 is 5.46 Å². The van der Waals surface area contributed by atoms with Gasteiger partial charge in [-0.25, -0.2) is 0 Å². The van der Waals surface area contributed by atoms with Gasteiger partial charge in [-0.15, -0.1) is 0 Å². The van der Waals surface area contributed by atoms with Gasteiger partial charge in [0.2, 0.25) is 0 Å². The average molecular weight is 276 g/mol. The first kappa shape index (κ1) is 15.4. The smallest absolute Gasteiger partial charge is 0.498 e. The number of phenolic OH excluding ortho intramolecular Hbond substituents is 1. The summed E-state index contributed by atoms with van der Waals surface area (Å²) in [5.41, 5.74) is 1.14. The van der Waals surface area contributed by atoms with Gasteiger partial charge < -0.3 is 14.4 Å². The molecule has 1 saturated heterocycles. The van der Waals surface area contributed by atoms with Crippen molar-refractivity contribution in [3.8, 4) is 5.75 Å². The second-order valence-corrected chi connectivity index (χ2v) is 7.08. The molecule has 0 spiro atoms. The summed E-state index contributed by atoms with van der Waals surface area (Å²) in [6.45, 7) is 12.4. The quantitative estimate of drug-likeness (QED) is 0.863. The highest BCUT2D eigenvalue weighted by Crippen LogP contribution is 2.37. The molecule has 3 nitrogen and oxygen atoms in total. The Kier molecular flexibility index (Phi) is 3.91. The van der Waals surface area contributed by atoms with Gasteiger partial charge in [-0.2, -0.15) is 0 Å². The molecule has 2 rings (SSSR count). The normalized spacial score (nSPS) is 20.6. The monoisotopic (exact) mass is 276 g/mol. The summed E-state index contributed by atoms with van der Waals surface area (Å²) >= 11 is 0. The van der Waals surface area contributed by atoms with E-state index in [9.17, 15) is 5.11 Å². The van der Waals surface area contributed by atoms with Gasteiger partial charge in [0.25, 0.3) is 0 Å². The number of hydrogen-bond donors (Lipinski definition) is 1. The van der Waals surface area contributed by atoms with Crippen LogP contribution in [-0.2, 0) is 15.7 Å². The zero-order chi connectivity index (χ0) is 15.1. The van der Waals surface area contributed by atoms with Crippen LogP contribution in [0.1, 0.15) is 47.1 Å². The van der Waals surface area contributed by atoms with Crippen LogP contribution in [0.3, 0.4) is 0 Å². The molecule has 0 radical (unpaired) electrons. The van der Waals surface area contributed by atoms with Crippen LogP contribution in [0.15, 0.2) is 18.2 Å². The summed E-state index contributed by atoms with van der Waals surface area (Å²) in [4.78, 5) is 0. The lowest BCUT2D eigenvalue weighted by atomic mass is 9.77. The SMILES string of the molecule is CC(C)Cc1ccc(O)c(B2OC(C)(C)C(C)(C)O2)c1. The number of hydrogen-bond acceptors (Lipinski definition) is 3. The topological polar surface area (TPSA) is 38.7 Å². The van der Waals surface area contributed by atoms with Crippen molar-refractivity contribution in [2.75, 3.05) is 0 Å². The molecule has 0 aromatic heterocycles. The van der Waals surface area contributed by atoms with E-state index < -0.39 is 18.3 Å². The van der Waals surface area contributed by atoms with Crippen LogP contribution in [0.5, 0.6) is 5.75 Å². The first-order chi connectivity index (χ1) is 9.12. The Morgan fingerprint density at radius 3 is 2.15 bits per heavy atom. The lowest BCUT2D eigenvalue weighted by Crippen LogP contribution is -2.41. The van der Waals surface area contributed by atoms with Gasteiger partial charge in [0, 0.05) is 5.46 Å². The maximum atomic E-state index is 10.1. The van der Waals surface area contributed by atoms with E-state index in [2.05, 4.69) is 13.8 Å². The summed E-state index contributed by atoms with van der Waals surface area (Å²) < 4.78 is 12.0. The highest BCUT2D eigenvalue weighted by atomic mass is 16.7. The van der Waals surface area contributed by atoms with Crippen molar-refractivity contribution in [3.05, 3.63) is 23.8 Å². The molecule has 0 bridgehead atoms. The number of phenols is 1. The largest absolute Gasteiger partial charge is 0.508 e. The third kappa shape index (κ3) is 2.86. The van der Waals surface area contributed by atoms with Gasteiger partial charge in [0.1, 0.15) is 5.75 Å². The summed E-state index contributed by atoms with van der Waals surface area (Å²) in [6, 6.07) is 5.69. The summed E-state index contributed by atoms with van der Waals surface area (Å²) in [5, 5.41) is 10.1. The Bertz CT molecular complexity index is 478. The molecule has 0 atom stereocenters. The Hall–Kier alpha value is -0.995. The van der Waals surface area contributed by atoms with E-state index in [0.717, 1.165) is 11.9 Å². The lowest BCUT2D eigenvalue weighted by molar-refractivity contribution is 0.00578. The van der Waals surface area contributed by atoms with E-state index in [1.54, 1.807) is 6.07 Å². The minimum Gasteiger partial charge on any atom is -0.508 e. The first-order valence-corrected chi connectivity index (χ1v) is 7.30. The molecule has 0 unspecified atom stereocenters. The molecule has 0 amide bonds. The molecule has 1 aromatic rings. The fraction of sp³-hybridized carbons (Fsp3) is 0.625. The van der Waals surface area contributed by atoms with E-state index in [-0.39, 0.29) is 5.75 Å². The van der Waals surface area contributed by atoms with Crippen molar-refractivity contribution in [3.63, 3.8) is 0 Å². The van der Waals surface area contributed by atoms with E-state index >= 15 is 0 Å². The Morgan fingerprint density at radius 2 is 1.65 bits per heavy atom. The van der Waals surface area contributed by atoms with Gasteiger partial charge in [-0.1, -0.05) is 26.0 Å². The van der Waals surface area contributed by atoms with Crippen molar-refractivity contribution in [1.82, 2.24) is 0 Å². The zero-order valence-electron chi connectivity index (χ0n) is 13.4. The van der Waals surface area contributed by atoms with Gasteiger partial charge in [0.05, 0.1) is 11.2 Å². The van der Waals surface area contributed by atoms with Crippen molar-refractivity contribution < 1.29 is 14.4 Å². The molecule has 20 heavy (non-hydrogen) atoms. The van der Waals surface area contributed by atoms with E-state index in [1.165, 1.54) is 5.56 Å². The second kappa shape index (κ2) is 5.08. The minimum atomic E-state index is -0.507. The van der Waals surface area contributed by atoms with Crippen molar-refractivity contribution in [1.29, 1.82) is 0 Å². The van der Waals surface area contributed by atoms with E-state index in [4.69, 9.17) is 9.31 Å². The third-order valence-corrected chi connectivity index (χ3v) is 4.24. The van der Waals surface area contributed by atoms with E-state index in [0.29, 0.717) is 5.92 Å². The number of rotatable bonds is 3. The fourth-order valence-electron chi connectivity index (χ4n) is 2.36. The number of aromatic hydroxyl groups is 1. The van der Waals surface area contributed by atoms with Crippen LogP contribution in [0.2, 0.25) is 0 Å². The maximum absolute atomic E-state index is 10.1. The minimum absolute atomic E-state index is 0.232. The van der Waals surface area contributed by atoms with Crippen molar-refractivity contribution in [2.24, 2.45) is 5.92 Å². The number of benzene rings is 1. The van der Waals surface area contributed by atoms with Gasteiger partial charge in [-0.3, -0.25) is 0 Å². The predicted molar refractivity (Wildman–Crippen MR) is 82.4 cm³/mol. The zero-order valence-corrected chi connectivity index (χ0v) is 13.4. The molecule has 1 heterocycles. The molecule has 1 fully saturated rings. The lowest BCUT2D eigenvalue weighted by Gasteiger charge is -2.32. The molecular weight excluding hydrogens is 251 g/mol. The van der Waals surface area contributed by atoms with Crippen LogP contribution in [-0.4, -0.2) is 23.4 Å². The summed E-state index contributed by atoms with van der Waals surface area (Å²) in [7, 11) is -0.507. The molecule has 0 saturated carbocycles. The Balaban J connectivity index is 2.30. The molecule has 1 aromatic carbocycles. The van der Waals surface area contributed by atoms with Gasteiger partial charge in [0.15, 0.2) is 0 Å². The molecule has 0 aliphatic carbocycles. The Morgan fingerprint density at radius 1 is 1.10 bits per heavy atom. The average Bonchev–Trinajstić information content (AvgIpc) is 2.50. The summed E-state index contributed by atoms with van der Waals surface area (Å²) in [5.74, 6) is 0.807. The van der Waals surface area contributed by atoms with Crippen LogP contribution >= 0.6 is 0 Å². The van der Waals surface area contributed by atoms with Gasteiger partial charge >= 0.3 is 7.12 Å². The molecule has 110 valence electrons. The standard InChI is InChI=1S/C16H25BO3/c1-11(2)9-12-7-8-14(18)13(10-12)17-19-15(3,4)16(5,6)20-17/h7-8,10-11,18H,9H2,1-6H3. The molecule has 1 aliphatic rings. The maximum Gasteiger partial charge on any atom is 0.498 e. The third-order valence-electron chi connectivity index (χ3n) is 4.24. The van der Waals surface area contributed by atoms with Crippen LogP contribution in [0.4, 0.5) is 0 Å². The van der Waals surface area contributed by atoms with Crippen molar-refractivity contribution >= 4 is 12.6 Å². The molecule has 1 N–H and O–H groups in total. The summed E-state index contributed by atoms with van der Waals surface area (Å²) in [6.07, 6.45) is 0.979. The van der Waals surface area contributed by atoms with Crippen LogP contribution in [0.25, 0.3) is 0 Å². The predicted octanol–water partition coefficient (Wildman–Crippen LogP) is 2.89. The van der Waals surface area contributed by atoms with E-state index in [1.807, 2.05) is 39.8 Å². The fourth-order valence-corrected chi connectivity index (χ4v) is 2.36. The van der Waals surface area contributed by atoms with Crippen molar-refractivity contribution in [2.45, 2.75) is 59.2 Å².